The van der Waals surface area contributed by atoms with Gasteiger partial charge in [0.05, 0.1) is 11.8 Å². The second kappa shape index (κ2) is 5.89. The highest BCUT2D eigenvalue weighted by Crippen LogP contribution is 2.35. The number of para-hydroxylation sites is 1. The Morgan fingerprint density at radius 3 is 2.42 bits per heavy atom. The second-order valence-electron chi connectivity index (χ2n) is 6.66. The van der Waals surface area contributed by atoms with Gasteiger partial charge in [-0.1, -0.05) is 30.4 Å². The average Bonchev–Trinajstić information content (AvgIpc) is 3.14. The Hall–Kier alpha value is -2.43. The molecule has 5 nitrogen and oxygen atoms in total. The molecule has 3 aliphatic rings. The quantitative estimate of drug-likeness (QED) is 0.630. The summed E-state index contributed by atoms with van der Waals surface area (Å²) in [6.07, 6.45) is 6.28. The van der Waals surface area contributed by atoms with E-state index in [2.05, 4.69) is 0 Å². The number of fused-ring (bicyclic) bond motifs is 2. The third-order valence-electron chi connectivity index (χ3n) is 5.34. The van der Waals surface area contributed by atoms with Crippen LogP contribution in [-0.4, -0.2) is 35.7 Å². The van der Waals surface area contributed by atoms with E-state index in [4.69, 9.17) is 0 Å². The van der Waals surface area contributed by atoms with E-state index >= 15 is 0 Å². The van der Waals surface area contributed by atoms with Crippen LogP contribution in [-0.2, 0) is 20.8 Å². The first-order valence-electron chi connectivity index (χ1n) is 8.55. The maximum Gasteiger partial charge on any atom is 0.233 e. The van der Waals surface area contributed by atoms with Crippen molar-refractivity contribution in [2.24, 2.45) is 11.8 Å². The minimum atomic E-state index is -0.217. The zero-order chi connectivity index (χ0) is 16.7. The van der Waals surface area contributed by atoms with Gasteiger partial charge < -0.3 is 4.90 Å². The normalized spacial score (nSPS) is 25.2. The standard InChI is InChI=1S/C19H20N2O3/c22-17(20-11-9-13-5-1-4-8-16(13)20)10-12-21-18(23)14-6-2-3-7-15(14)19(21)24/h1-5,8,14-15H,6-7,9-12H2. The van der Waals surface area contributed by atoms with Crippen LogP contribution in [0.4, 0.5) is 5.69 Å². The lowest BCUT2D eigenvalue weighted by Gasteiger charge is -2.20. The van der Waals surface area contributed by atoms with Gasteiger partial charge in [0.15, 0.2) is 0 Å². The van der Waals surface area contributed by atoms with Crippen LogP contribution in [0.1, 0.15) is 24.8 Å². The second-order valence-corrected chi connectivity index (χ2v) is 6.66. The first-order chi connectivity index (χ1) is 11.7. The fourth-order valence-corrected chi connectivity index (χ4v) is 4.03. The molecule has 24 heavy (non-hydrogen) atoms. The van der Waals surface area contributed by atoms with Crippen LogP contribution >= 0.6 is 0 Å². The molecule has 1 aromatic rings. The van der Waals surface area contributed by atoms with E-state index in [0.717, 1.165) is 12.1 Å². The van der Waals surface area contributed by atoms with Crippen molar-refractivity contribution in [2.45, 2.75) is 25.7 Å². The lowest BCUT2D eigenvalue weighted by molar-refractivity contribution is -0.140. The van der Waals surface area contributed by atoms with Gasteiger partial charge in [-0.05, 0) is 30.9 Å². The number of allylic oxidation sites excluding steroid dienone is 2. The van der Waals surface area contributed by atoms with E-state index in [1.54, 1.807) is 4.90 Å². The van der Waals surface area contributed by atoms with Crippen LogP contribution in [0, 0.1) is 11.8 Å². The monoisotopic (exact) mass is 324 g/mol. The molecule has 0 saturated carbocycles. The first kappa shape index (κ1) is 15.1. The third kappa shape index (κ3) is 2.35. The SMILES string of the molecule is O=C1C2CC=CCC2C(=O)N1CCC(=O)N1CCc2ccccc21. The molecule has 0 spiro atoms. The molecular weight excluding hydrogens is 304 g/mol. The molecule has 2 unspecified atom stereocenters. The van der Waals surface area contributed by atoms with E-state index in [1.807, 2.05) is 36.4 Å². The van der Waals surface area contributed by atoms with Gasteiger partial charge in [-0.15, -0.1) is 0 Å². The maximum atomic E-state index is 12.6. The maximum absolute atomic E-state index is 12.6. The van der Waals surface area contributed by atoms with Crippen molar-refractivity contribution in [2.75, 3.05) is 18.0 Å². The summed E-state index contributed by atoms with van der Waals surface area (Å²) in [5.41, 5.74) is 2.13. The number of nitrogens with zero attached hydrogens (tertiary/aromatic N) is 2. The Morgan fingerprint density at radius 1 is 1.04 bits per heavy atom. The Balaban J connectivity index is 1.42. The van der Waals surface area contributed by atoms with Crippen molar-refractivity contribution < 1.29 is 14.4 Å². The average molecular weight is 324 g/mol. The van der Waals surface area contributed by atoms with Crippen molar-refractivity contribution >= 4 is 23.4 Å². The number of hydrogen-bond acceptors (Lipinski definition) is 3. The number of carbonyl (C=O) groups is 3. The van der Waals surface area contributed by atoms with Crippen molar-refractivity contribution in [1.82, 2.24) is 4.90 Å². The molecule has 0 bridgehead atoms. The van der Waals surface area contributed by atoms with Crippen molar-refractivity contribution in [1.29, 1.82) is 0 Å². The summed E-state index contributed by atoms with van der Waals surface area (Å²) >= 11 is 0. The highest BCUT2D eigenvalue weighted by molar-refractivity contribution is 6.06. The number of likely N-dealkylation sites (tertiary alicyclic amines) is 1. The largest absolute Gasteiger partial charge is 0.312 e. The highest BCUT2D eigenvalue weighted by Gasteiger charge is 2.47. The third-order valence-corrected chi connectivity index (χ3v) is 5.34. The smallest absolute Gasteiger partial charge is 0.233 e. The van der Waals surface area contributed by atoms with Crippen LogP contribution in [0.2, 0.25) is 0 Å². The Labute approximate surface area is 140 Å². The van der Waals surface area contributed by atoms with Gasteiger partial charge in [0, 0.05) is 25.2 Å². The van der Waals surface area contributed by atoms with Crippen molar-refractivity contribution in [3.8, 4) is 0 Å². The van der Waals surface area contributed by atoms with E-state index in [1.165, 1.54) is 10.5 Å². The Kier molecular flexibility index (Phi) is 3.71. The van der Waals surface area contributed by atoms with Crippen LogP contribution in [0.3, 0.4) is 0 Å². The predicted molar refractivity (Wildman–Crippen MR) is 89.2 cm³/mol. The van der Waals surface area contributed by atoms with Crippen LogP contribution in [0.25, 0.3) is 0 Å². The molecule has 5 heteroatoms. The zero-order valence-electron chi connectivity index (χ0n) is 13.5. The number of rotatable bonds is 3. The molecule has 1 saturated heterocycles. The van der Waals surface area contributed by atoms with Gasteiger partial charge in [0.25, 0.3) is 0 Å². The van der Waals surface area contributed by atoms with Crippen LogP contribution in [0.15, 0.2) is 36.4 Å². The van der Waals surface area contributed by atoms with E-state index in [9.17, 15) is 14.4 Å². The number of carbonyl (C=O) groups excluding carboxylic acids is 3. The van der Waals surface area contributed by atoms with E-state index in [-0.39, 0.29) is 42.5 Å². The molecule has 1 aromatic carbocycles. The molecule has 0 aromatic heterocycles. The fourth-order valence-electron chi connectivity index (χ4n) is 4.03. The van der Waals surface area contributed by atoms with Crippen molar-refractivity contribution in [3.63, 3.8) is 0 Å². The van der Waals surface area contributed by atoms with E-state index < -0.39 is 0 Å². The molecule has 2 heterocycles. The number of hydrogen-bond donors (Lipinski definition) is 0. The van der Waals surface area contributed by atoms with E-state index in [0.29, 0.717) is 19.4 Å². The fraction of sp³-hybridized carbons (Fsp3) is 0.421. The summed E-state index contributed by atoms with van der Waals surface area (Å²) in [5, 5.41) is 0. The number of imide groups is 1. The molecule has 2 aliphatic heterocycles. The molecule has 1 aliphatic carbocycles. The first-order valence-corrected chi connectivity index (χ1v) is 8.55. The highest BCUT2D eigenvalue weighted by atomic mass is 16.2. The molecular formula is C19H20N2O3. The number of benzene rings is 1. The van der Waals surface area contributed by atoms with Gasteiger partial charge in [-0.25, -0.2) is 0 Å². The molecule has 124 valence electrons. The summed E-state index contributed by atoms with van der Waals surface area (Å²) in [5.74, 6) is -0.670. The minimum absolute atomic E-state index is 0.0199. The molecule has 2 atom stereocenters. The number of amides is 3. The molecule has 4 rings (SSSR count). The van der Waals surface area contributed by atoms with Gasteiger partial charge in [0.1, 0.15) is 0 Å². The summed E-state index contributed by atoms with van der Waals surface area (Å²) < 4.78 is 0. The molecule has 1 fully saturated rings. The van der Waals surface area contributed by atoms with Gasteiger partial charge >= 0.3 is 0 Å². The predicted octanol–water partition coefficient (Wildman–Crippen LogP) is 1.92. The van der Waals surface area contributed by atoms with Crippen LogP contribution < -0.4 is 4.90 Å². The van der Waals surface area contributed by atoms with Gasteiger partial charge in [0.2, 0.25) is 17.7 Å². The Morgan fingerprint density at radius 2 is 1.71 bits per heavy atom. The topological polar surface area (TPSA) is 57.7 Å². The summed E-state index contributed by atoms with van der Waals surface area (Å²) in [7, 11) is 0. The molecule has 0 radical (unpaired) electrons. The van der Waals surface area contributed by atoms with Crippen LogP contribution in [0.5, 0.6) is 0 Å². The summed E-state index contributed by atoms with van der Waals surface area (Å²) in [4.78, 5) is 40.5. The summed E-state index contributed by atoms with van der Waals surface area (Å²) in [6, 6.07) is 7.89. The molecule has 0 N–H and O–H groups in total. The lowest BCUT2D eigenvalue weighted by Crippen LogP contribution is -2.36. The van der Waals surface area contributed by atoms with Gasteiger partial charge in [-0.3, -0.25) is 19.3 Å². The lowest BCUT2D eigenvalue weighted by atomic mass is 9.85. The Bertz CT molecular complexity index is 714. The number of anilines is 1. The summed E-state index contributed by atoms with van der Waals surface area (Å²) in [6.45, 7) is 0.872. The van der Waals surface area contributed by atoms with Crippen molar-refractivity contribution in [3.05, 3.63) is 42.0 Å². The van der Waals surface area contributed by atoms with Gasteiger partial charge in [-0.2, -0.15) is 0 Å². The zero-order valence-corrected chi connectivity index (χ0v) is 13.5. The molecule has 3 amide bonds. The minimum Gasteiger partial charge on any atom is -0.312 e.